The van der Waals surface area contributed by atoms with E-state index in [1.165, 1.54) is 11.8 Å². The maximum absolute atomic E-state index is 12.8. The Morgan fingerprint density at radius 3 is 2.60 bits per heavy atom. The molecule has 2 heterocycles. The fraction of sp³-hybridized carbons (Fsp3) is 0.389. The number of nitrogens with one attached hydrogen (secondary N) is 1. The third-order valence-corrected chi connectivity index (χ3v) is 7.03. The number of rotatable bonds is 4. The van der Waals surface area contributed by atoms with Gasteiger partial charge in [0.05, 0.1) is 4.90 Å². The molecule has 3 rings (SSSR count). The van der Waals surface area contributed by atoms with Gasteiger partial charge in [0, 0.05) is 35.0 Å². The second-order valence-electron chi connectivity index (χ2n) is 6.42. The van der Waals surface area contributed by atoms with Crippen LogP contribution in [0, 0.1) is 13.8 Å². The molecule has 134 valence electrons. The summed E-state index contributed by atoms with van der Waals surface area (Å²) in [6.07, 6.45) is 0.677. The number of benzene rings is 1. The van der Waals surface area contributed by atoms with Crippen molar-refractivity contribution in [3.05, 3.63) is 45.1 Å². The number of aryl methyl sites for hydroxylation is 2. The molecule has 25 heavy (non-hydrogen) atoms. The van der Waals surface area contributed by atoms with Crippen LogP contribution < -0.4 is 9.62 Å². The number of hydrogen-bond donors (Lipinski definition) is 1. The lowest BCUT2D eigenvalue weighted by Crippen LogP contribution is -2.27. The van der Waals surface area contributed by atoms with Crippen LogP contribution in [-0.4, -0.2) is 20.9 Å². The molecule has 0 saturated heterocycles. The molecule has 5 nitrogen and oxygen atoms in total. The van der Waals surface area contributed by atoms with Crippen molar-refractivity contribution < 1.29 is 13.2 Å². The molecule has 1 aromatic carbocycles. The van der Waals surface area contributed by atoms with Crippen LogP contribution in [-0.2, 0) is 21.2 Å². The molecule has 1 aliphatic rings. The number of amides is 1. The van der Waals surface area contributed by atoms with Gasteiger partial charge < -0.3 is 4.90 Å². The number of thiophene rings is 1. The number of fused-ring (bicyclic) bond motifs is 1. The zero-order chi connectivity index (χ0) is 18.4. The van der Waals surface area contributed by atoms with Gasteiger partial charge in [-0.25, -0.2) is 13.1 Å². The van der Waals surface area contributed by atoms with Gasteiger partial charge in [-0.2, -0.15) is 0 Å². The molecule has 0 saturated carbocycles. The zero-order valence-electron chi connectivity index (χ0n) is 14.8. The molecule has 0 aliphatic carbocycles. The number of sulfonamides is 1. The molecule has 0 fully saturated rings. The number of anilines is 1. The van der Waals surface area contributed by atoms with Crippen LogP contribution in [0.1, 0.15) is 40.8 Å². The molecule has 0 bridgehead atoms. The topological polar surface area (TPSA) is 66.5 Å². The highest BCUT2D eigenvalue weighted by molar-refractivity contribution is 7.89. The number of carbonyl (C=O) groups excluding carboxylic acids is 1. The first kappa shape index (κ1) is 18.1. The molecule has 7 heteroatoms. The summed E-state index contributed by atoms with van der Waals surface area (Å²) in [5.41, 5.74) is 2.71. The molecule has 1 aromatic heterocycles. The molecule has 1 atom stereocenters. The van der Waals surface area contributed by atoms with Crippen LogP contribution in [0.3, 0.4) is 0 Å². The highest BCUT2D eigenvalue weighted by Crippen LogP contribution is 2.31. The SMILES string of the molecule is CC(=O)N1CCc2cc(S(=O)(=O)NC(C)c3cc(C)sc3C)ccc21. The second-order valence-corrected chi connectivity index (χ2v) is 9.60. The highest BCUT2D eigenvalue weighted by atomic mass is 32.2. The van der Waals surface area contributed by atoms with E-state index in [0.29, 0.717) is 13.0 Å². The minimum absolute atomic E-state index is 0.0237. The van der Waals surface area contributed by atoms with E-state index in [1.54, 1.807) is 34.4 Å². The first-order valence-corrected chi connectivity index (χ1v) is 10.5. The molecule has 0 radical (unpaired) electrons. The van der Waals surface area contributed by atoms with Crippen LogP contribution >= 0.6 is 11.3 Å². The van der Waals surface area contributed by atoms with E-state index in [9.17, 15) is 13.2 Å². The predicted molar refractivity (Wildman–Crippen MR) is 101 cm³/mol. The maximum Gasteiger partial charge on any atom is 0.241 e. The Hall–Kier alpha value is -1.70. The summed E-state index contributed by atoms with van der Waals surface area (Å²) in [7, 11) is -3.62. The predicted octanol–water partition coefficient (Wildman–Crippen LogP) is 3.31. The largest absolute Gasteiger partial charge is 0.312 e. The monoisotopic (exact) mass is 378 g/mol. The summed E-state index contributed by atoms with van der Waals surface area (Å²) in [5, 5.41) is 0. The van der Waals surface area contributed by atoms with Crippen molar-refractivity contribution in [2.45, 2.75) is 45.1 Å². The van der Waals surface area contributed by atoms with E-state index in [-0.39, 0.29) is 16.8 Å². The Balaban J connectivity index is 1.86. The summed E-state index contributed by atoms with van der Waals surface area (Å²) >= 11 is 1.67. The van der Waals surface area contributed by atoms with Gasteiger partial charge in [-0.3, -0.25) is 4.79 Å². The lowest BCUT2D eigenvalue weighted by atomic mass is 10.1. The minimum atomic E-state index is -3.62. The summed E-state index contributed by atoms with van der Waals surface area (Å²) in [5.74, 6) is -0.0237. The molecule has 1 amide bonds. The summed E-state index contributed by atoms with van der Waals surface area (Å²) in [6, 6.07) is 6.71. The van der Waals surface area contributed by atoms with Gasteiger partial charge in [0.25, 0.3) is 0 Å². The van der Waals surface area contributed by atoms with Crippen LogP contribution in [0.15, 0.2) is 29.2 Å². The van der Waals surface area contributed by atoms with Crippen LogP contribution in [0.5, 0.6) is 0 Å². The third kappa shape index (κ3) is 3.49. The standard InChI is InChI=1S/C18H22N2O3S2/c1-11-9-17(13(3)24-11)12(2)19-25(22,23)16-5-6-18-15(10-16)7-8-20(18)14(4)21/h5-6,9-10,12,19H,7-8H2,1-4H3. The van der Waals surface area contributed by atoms with Gasteiger partial charge in [-0.15, -0.1) is 11.3 Å². The van der Waals surface area contributed by atoms with Gasteiger partial charge in [0.2, 0.25) is 15.9 Å². The molecular weight excluding hydrogens is 356 g/mol. The average molecular weight is 379 g/mol. The van der Waals surface area contributed by atoms with Gasteiger partial charge in [-0.05, 0) is 62.6 Å². The van der Waals surface area contributed by atoms with Crippen molar-refractivity contribution in [2.24, 2.45) is 0 Å². The molecule has 0 spiro atoms. The van der Waals surface area contributed by atoms with Crippen molar-refractivity contribution in [2.75, 3.05) is 11.4 Å². The average Bonchev–Trinajstić information content (AvgIpc) is 3.08. The lowest BCUT2D eigenvalue weighted by Gasteiger charge is -2.17. The first-order chi connectivity index (χ1) is 11.7. The van der Waals surface area contributed by atoms with Crippen molar-refractivity contribution in [3.8, 4) is 0 Å². The molecule has 1 unspecified atom stereocenters. The first-order valence-electron chi connectivity index (χ1n) is 8.19. The van der Waals surface area contributed by atoms with Crippen LogP contribution in [0.4, 0.5) is 5.69 Å². The van der Waals surface area contributed by atoms with E-state index in [2.05, 4.69) is 4.72 Å². The Morgan fingerprint density at radius 2 is 2.00 bits per heavy atom. The van der Waals surface area contributed by atoms with Crippen molar-refractivity contribution in [3.63, 3.8) is 0 Å². The van der Waals surface area contributed by atoms with Crippen molar-refractivity contribution >= 4 is 33.0 Å². The molecule has 1 N–H and O–H groups in total. The van der Waals surface area contributed by atoms with E-state index in [4.69, 9.17) is 0 Å². The van der Waals surface area contributed by atoms with E-state index >= 15 is 0 Å². The van der Waals surface area contributed by atoms with E-state index in [0.717, 1.165) is 21.7 Å². The van der Waals surface area contributed by atoms with Gasteiger partial charge >= 0.3 is 0 Å². The van der Waals surface area contributed by atoms with Gasteiger partial charge in [0.1, 0.15) is 0 Å². The van der Waals surface area contributed by atoms with Gasteiger partial charge in [0.15, 0.2) is 0 Å². The molecular formula is C18H22N2O3S2. The Labute approximate surface area is 152 Å². The highest BCUT2D eigenvalue weighted by Gasteiger charge is 2.26. The van der Waals surface area contributed by atoms with Crippen LogP contribution in [0.25, 0.3) is 0 Å². The Bertz CT molecular complexity index is 932. The third-order valence-electron chi connectivity index (χ3n) is 4.51. The fourth-order valence-corrected chi connectivity index (χ4v) is 5.61. The Kier molecular flexibility index (Phi) is 4.74. The summed E-state index contributed by atoms with van der Waals surface area (Å²) in [6.45, 7) is 8.00. The lowest BCUT2D eigenvalue weighted by molar-refractivity contribution is -0.116. The molecule has 2 aromatic rings. The van der Waals surface area contributed by atoms with E-state index in [1.807, 2.05) is 26.8 Å². The fourth-order valence-electron chi connectivity index (χ4n) is 3.32. The normalized spacial score (nSPS) is 15.3. The second kappa shape index (κ2) is 6.55. The number of nitrogens with zero attached hydrogens (tertiary/aromatic N) is 1. The molecule has 1 aliphatic heterocycles. The number of hydrogen-bond acceptors (Lipinski definition) is 4. The number of carbonyl (C=O) groups is 1. The van der Waals surface area contributed by atoms with Crippen LogP contribution in [0.2, 0.25) is 0 Å². The van der Waals surface area contributed by atoms with E-state index < -0.39 is 10.0 Å². The quantitative estimate of drug-likeness (QED) is 0.888. The maximum atomic E-state index is 12.8. The zero-order valence-corrected chi connectivity index (χ0v) is 16.4. The smallest absolute Gasteiger partial charge is 0.241 e. The van der Waals surface area contributed by atoms with Gasteiger partial charge in [-0.1, -0.05) is 0 Å². The minimum Gasteiger partial charge on any atom is -0.312 e. The van der Waals surface area contributed by atoms with Crippen molar-refractivity contribution in [1.82, 2.24) is 4.72 Å². The van der Waals surface area contributed by atoms with Crippen molar-refractivity contribution in [1.29, 1.82) is 0 Å². The summed E-state index contributed by atoms with van der Waals surface area (Å²) in [4.78, 5) is 15.8. The Morgan fingerprint density at radius 1 is 1.28 bits per heavy atom. The summed E-state index contributed by atoms with van der Waals surface area (Å²) < 4.78 is 28.3.